The number of benzene rings is 1. The summed E-state index contributed by atoms with van der Waals surface area (Å²) in [5.41, 5.74) is 7.80. The van der Waals surface area contributed by atoms with Crippen molar-refractivity contribution >= 4 is 11.6 Å². The molecule has 2 unspecified atom stereocenters. The Bertz CT molecular complexity index is 448. The maximum absolute atomic E-state index is 12.2. The number of hydrogen-bond acceptors (Lipinski definition) is 4. The second kappa shape index (κ2) is 6.14. The first-order chi connectivity index (χ1) is 9.08. The van der Waals surface area contributed by atoms with Crippen molar-refractivity contribution < 1.29 is 9.53 Å². The number of amides is 1. The summed E-state index contributed by atoms with van der Waals surface area (Å²) in [7, 11) is 4.00. The summed E-state index contributed by atoms with van der Waals surface area (Å²) in [6.07, 6.45) is 0. The molecule has 5 nitrogen and oxygen atoms in total. The number of nitrogens with zero attached hydrogens (tertiary/aromatic N) is 1. The van der Waals surface area contributed by atoms with Crippen LogP contribution in [0.5, 0.6) is 0 Å². The van der Waals surface area contributed by atoms with E-state index >= 15 is 0 Å². The van der Waals surface area contributed by atoms with Gasteiger partial charge in [-0.15, -0.1) is 0 Å². The molecule has 1 aromatic carbocycles. The van der Waals surface area contributed by atoms with Crippen LogP contribution in [-0.2, 0) is 16.1 Å². The van der Waals surface area contributed by atoms with Crippen LogP contribution in [0.1, 0.15) is 5.56 Å². The van der Waals surface area contributed by atoms with Gasteiger partial charge in [0.05, 0.1) is 19.1 Å². The molecule has 0 aliphatic carbocycles. The van der Waals surface area contributed by atoms with E-state index < -0.39 is 0 Å². The van der Waals surface area contributed by atoms with Gasteiger partial charge in [0.15, 0.2) is 0 Å². The third kappa shape index (κ3) is 3.53. The fraction of sp³-hybridized carbons (Fsp3) is 0.500. The number of nitrogens with one attached hydrogen (secondary N) is 1. The summed E-state index contributed by atoms with van der Waals surface area (Å²) >= 11 is 0. The first-order valence-electron chi connectivity index (χ1n) is 6.44. The fourth-order valence-electron chi connectivity index (χ4n) is 2.19. The molecule has 104 valence electrons. The molecule has 1 amide bonds. The van der Waals surface area contributed by atoms with Crippen LogP contribution in [-0.4, -0.2) is 44.2 Å². The van der Waals surface area contributed by atoms with E-state index in [1.165, 1.54) is 0 Å². The molecule has 1 aliphatic heterocycles. The van der Waals surface area contributed by atoms with Gasteiger partial charge in [-0.1, -0.05) is 18.2 Å². The molecular formula is C14H21N3O2. The van der Waals surface area contributed by atoms with Crippen LogP contribution in [0.25, 0.3) is 0 Å². The van der Waals surface area contributed by atoms with Crippen LogP contribution in [0.2, 0.25) is 0 Å². The Balaban J connectivity index is 2.08. The summed E-state index contributed by atoms with van der Waals surface area (Å²) < 4.78 is 5.23. The van der Waals surface area contributed by atoms with Crippen molar-refractivity contribution in [2.24, 2.45) is 11.7 Å². The van der Waals surface area contributed by atoms with E-state index in [2.05, 4.69) is 10.2 Å². The van der Waals surface area contributed by atoms with Crippen molar-refractivity contribution in [3.8, 4) is 0 Å². The standard InChI is InChI=1S/C14H21N3O2/c1-17(2)7-10-5-3-4-6-13(10)16-14(18)11-8-19-9-12(11)15/h3-6,11-12H,7-9,15H2,1-2H3,(H,16,18). The van der Waals surface area contributed by atoms with E-state index in [1.54, 1.807) is 0 Å². The predicted molar refractivity (Wildman–Crippen MR) is 74.7 cm³/mol. The minimum absolute atomic E-state index is 0.0591. The zero-order valence-corrected chi connectivity index (χ0v) is 11.4. The highest BCUT2D eigenvalue weighted by molar-refractivity contribution is 5.94. The van der Waals surface area contributed by atoms with Gasteiger partial charge in [0.2, 0.25) is 5.91 Å². The lowest BCUT2D eigenvalue weighted by molar-refractivity contribution is -0.120. The second-order valence-corrected chi connectivity index (χ2v) is 5.19. The summed E-state index contributed by atoms with van der Waals surface area (Å²) in [6.45, 7) is 1.64. The number of rotatable bonds is 4. The molecular weight excluding hydrogens is 242 g/mol. The second-order valence-electron chi connectivity index (χ2n) is 5.19. The zero-order chi connectivity index (χ0) is 13.8. The summed E-state index contributed by atoms with van der Waals surface area (Å²) in [5, 5.41) is 2.96. The Morgan fingerprint density at radius 3 is 2.79 bits per heavy atom. The van der Waals surface area contributed by atoms with Crippen LogP contribution < -0.4 is 11.1 Å². The Labute approximate surface area is 113 Å². The highest BCUT2D eigenvalue weighted by atomic mass is 16.5. The van der Waals surface area contributed by atoms with E-state index in [1.807, 2.05) is 38.4 Å². The topological polar surface area (TPSA) is 67.6 Å². The van der Waals surface area contributed by atoms with E-state index in [0.29, 0.717) is 13.2 Å². The van der Waals surface area contributed by atoms with Crippen molar-refractivity contribution in [2.75, 3.05) is 32.6 Å². The minimum Gasteiger partial charge on any atom is -0.379 e. The van der Waals surface area contributed by atoms with Gasteiger partial charge in [0.25, 0.3) is 0 Å². The van der Waals surface area contributed by atoms with Crippen molar-refractivity contribution in [1.29, 1.82) is 0 Å². The van der Waals surface area contributed by atoms with Gasteiger partial charge in [-0.05, 0) is 25.7 Å². The third-order valence-electron chi connectivity index (χ3n) is 3.22. The fourth-order valence-corrected chi connectivity index (χ4v) is 2.19. The Morgan fingerprint density at radius 1 is 1.42 bits per heavy atom. The van der Waals surface area contributed by atoms with Crippen LogP contribution in [0, 0.1) is 5.92 Å². The molecule has 2 rings (SSSR count). The van der Waals surface area contributed by atoms with Crippen LogP contribution >= 0.6 is 0 Å². The van der Waals surface area contributed by atoms with Gasteiger partial charge in [-0.2, -0.15) is 0 Å². The lowest BCUT2D eigenvalue weighted by Crippen LogP contribution is -2.37. The van der Waals surface area contributed by atoms with Crippen LogP contribution in [0.4, 0.5) is 5.69 Å². The number of anilines is 1. The lowest BCUT2D eigenvalue weighted by Gasteiger charge is -2.17. The number of carbonyl (C=O) groups is 1. The van der Waals surface area contributed by atoms with Crippen molar-refractivity contribution in [1.82, 2.24) is 4.90 Å². The van der Waals surface area contributed by atoms with E-state index in [4.69, 9.17) is 10.5 Å². The number of carbonyl (C=O) groups excluding carboxylic acids is 1. The molecule has 0 radical (unpaired) electrons. The van der Waals surface area contributed by atoms with Gasteiger partial charge in [0, 0.05) is 18.3 Å². The van der Waals surface area contributed by atoms with Gasteiger partial charge in [-0.3, -0.25) is 4.79 Å². The monoisotopic (exact) mass is 263 g/mol. The lowest BCUT2D eigenvalue weighted by atomic mass is 10.0. The molecule has 1 aliphatic rings. The molecule has 1 heterocycles. The molecule has 0 bridgehead atoms. The largest absolute Gasteiger partial charge is 0.379 e. The maximum atomic E-state index is 12.2. The van der Waals surface area contributed by atoms with Gasteiger partial charge >= 0.3 is 0 Å². The van der Waals surface area contributed by atoms with Crippen molar-refractivity contribution in [3.63, 3.8) is 0 Å². The van der Waals surface area contributed by atoms with E-state index in [0.717, 1.165) is 17.8 Å². The average Bonchev–Trinajstić information content (AvgIpc) is 2.77. The molecule has 1 aromatic rings. The molecule has 19 heavy (non-hydrogen) atoms. The molecule has 0 aromatic heterocycles. The Morgan fingerprint density at radius 2 is 2.16 bits per heavy atom. The number of nitrogens with two attached hydrogens (primary N) is 1. The Kier molecular flexibility index (Phi) is 4.52. The molecule has 1 saturated heterocycles. The summed E-state index contributed by atoms with van der Waals surface area (Å²) in [4.78, 5) is 14.2. The van der Waals surface area contributed by atoms with Gasteiger partial charge in [-0.25, -0.2) is 0 Å². The summed E-state index contributed by atoms with van der Waals surface area (Å²) in [5.74, 6) is -0.316. The van der Waals surface area contributed by atoms with Gasteiger partial charge < -0.3 is 20.7 Å². The number of para-hydroxylation sites is 1. The van der Waals surface area contributed by atoms with Crippen LogP contribution in [0.15, 0.2) is 24.3 Å². The molecule has 5 heteroatoms. The van der Waals surface area contributed by atoms with E-state index in [-0.39, 0.29) is 17.9 Å². The Hall–Kier alpha value is -1.43. The first kappa shape index (κ1) is 14.0. The minimum atomic E-state index is -0.257. The molecule has 0 spiro atoms. The smallest absolute Gasteiger partial charge is 0.231 e. The molecule has 1 fully saturated rings. The highest BCUT2D eigenvalue weighted by Crippen LogP contribution is 2.19. The van der Waals surface area contributed by atoms with Crippen molar-refractivity contribution in [2.45, 2.75) is 12.6 Å². The summed E-state index contributed by atoms with van der Waals surface area (Å²) in [6, 6.07) is 7.61. The molecule has 3 N–H and O–H groups in total. The molecule has 0 saturated carbocycles. The van der Waals surface area contributed by atoms with Crippen molar-refractivity contribution in [3.05, 3.63) is 29.8 Å². The third-order valence-corrected chi connectivity index (χ3v) is 3.22. The average molecular weight is 263 g/mol. The number of ether oxygens (including phenoxy) is 1. The number of hydrogen-bond donors (Lipinski definition) is 2. The predicted octanol–water partition coefficient (Wildman–Crippen LogP) is 0.660. The highest BCUT2D eigenvalue weighted by Gasteiger charge is 2.31. The quantitative estimate of drug-likeness (QED) is 0.837. The normalized spacial score (nSPS) is 22.7. The SMILES string of the molecule is CN(C)Cc1ccccc1NC(=O)C1COCC1N. The van der Waals surface area contributed by atoms with E-state index in [9.17, 15) is 4.79 Å². The zero-order valence-electron chi connectivity index (χ0n) is 11.4. The van der Waals surface area contributed by atoms with Crippen LogP contribution in [0.3, 0.4) is 0 Å². The van der Waals surface area contributed by atoms with Gasteiger partial charge in [0.1, 0.15) is 0 Å². The maximum Gasteiger partial charge on any atom is 0.231 e. The first-order valence-corrected chi connectivity index (χ1v) is 6.44. The molecule has 2 atom stereocenters.